The van der Waals surface area contributed by atoms with Gasteiger partial charge in [-0.15, -0.1) is 0 Å². The molecule has 3 rings (SSSR count). The van der Waals surface area contributed by atoms with Crippen LogP contribution in [0.25, 0.3) is 10.9 Å². The van der Waals surface area contributed by atoms with Gasteiger partial charge in [-0.3, -0.25) is 0 Å². The highest BCUT2D eigenvalue weighted by atomic mass is 16.5. The van der Waals surface area contributed by atoms with Crippen molar-refractivity contribution in [2.45, 2.75) is 26.4 Å². The molecule has 0 saturated heterocycles. The average Bonchev–Trinajstić information content (AvgIpc) is 2.35. The van der Waals surface area contributed by atoms with Crippen LogP contribution in [0.2, 0.25) is 0 Å². The Morgan fingerprint density at radius 3 is 3.18 bits per heavy atom. The number of benzene rings is 1. The summed E-state index contributed by atoms with van der Waals surface area (Å²) in [5.41, 5.74) is 2.35. The quantitative estimate of drug-likeness (QED) is 0.816. The second-order valence-electron chi connectivity index (χ2n) is 4.53. The summed E-state index contributed by atoms with van der Waals surface area (Å²) in [6, 6.07) is 8.48. The molecule has 2 heterocycles. The first kappa shape index (κ1) is 10.4. The molecule has 0 amide bonds. The number of anilines is 1. The summed E-state index contributed by atoms with van der Waals surface area (Å²) in [6.07, 6.45) is 1.24. The zero-order valence-electron chi connectivity index (χ0n) is 10.2. The van der Waals surface area contributed by atoms with Crippen LogP contribution in [-0.2, 0) is 6.42 Å². The number of aryl methyl sites for hydroxylation is 1. The number of nitrogens with one attached hydrogen (secondary N) is 1. The standard InChI is InChI=1S/C14H16N2O.H2/c1-3-10-4-5-11-7-13-14(16-12(11)6-10)15-8-9(2)17-13;/h4-7,9H,3,8H2,1-2H3,(H,15,16);1H/t9-;/m1./s1. The predicted molar refractivity (Wildman–Crippen MR) is 71.8 cm³/mol. The van der Waals surface area contributed by atoms with Crippen molar-refractivity contribution in [2.24, 2.45) is 0 Å². The summed E-state index contributed by atoms with van der Waals surface area (Å²) in [7, 11) is 0. The largest absolute Gasteiger partial charge is 0.485 e. The third-order valence-electron chi connectivity index (χ3n) is 3.14. The van der Waals surface area contributed by atoms with E-state index in [1.54, 1.807) is 0 Å². The van der Waals surface area contributed by atoms with E-state index in [9.17, 15) is 0 Å². The zero-order valence-corrected chi connectivity index (χ0v) is 10.2. The predicted octanol–water partition coefficient (Wildman–Crippen LogP) is 3.24. The third-order valence-corrected chi connectivity index (χ3v) is 3.14. The highest BCUT2D eigenvalue weighted by Gasteiger charge is 2.17. The van der Waals surface area contributed by atoms with Crippen LogP contribution in [0.15, 0.2) is 24.3 Å². The minimum Gasteiger partial charge on any atom is -0.485 e. The molecule has 17 heavy (non-hydrogen) atoms. The van der Waals surface area contributed by atoms with E-state index in [1.165, 1.54) is 5.56 Å². The molecule has 0 radical (unpaired) electrons. The van der Waals surface area contributed by atoms with Gasteiger partial charge in [0, 0.05) is 6.81 Å². The van der Waals surface area contributed by atoms with Gasteiger partial charge in [-0.05, 0) is 31.0 Å². The van der Waals surface area contributed by atoms with Gasteiger partial charge in [-0.2, -0.15) is 0 Å². The summed E-state index contributed by atoms with van der Waals surface area (Å²) >= 11 is 0. The Balaban J connectivity index is 0.00000120. The van der Waals surface area contributed by atoms with Gasteiger partial charge in [0.2, 0.25) is 0 Å². The second kappa shape index (κ2) is 3.91. The SMILES string of the molecule is CCc1ccc2cc3c(nc2c1)NC[C@@H](C)O3.[HH]. The Morgan fingerprint density at radius 1 is 1.47 bits per heavy atom. The molecule has 1 aromatic carbocycles. The summed E-state index contributed by atoms with van der Waals surface area (Å²) in [6.45, 7) is 5.03. The maximum atomic E-state index is 5.77. The highest BCUT2D eigenvalue weighted by Crippen LogP contribution is 2.31. The number of fused-ring (bicyclic) bond motifs is 2. The molecule has 0 fully saturated rings. The Morgan fingerprint density at radius 2 is 2.35 bits per heavy atom. The number of rotatable bonds is 1. The fourth-order valence-corrected chi connectivity index (χ4v) is 2.13. The van der Waals surface area contributed by atoms with E-state index in [2.05, 4.69) is 48.4 Å². The van der Waals surface area contributed by atoms with Crippen LogP contribution in [-0.4, -0.2) is 17.6 Å². The van der Waals surface area contributed by atoms with Crippen molar-refractivity contribution < 1.29 is 6.16 Å². The maximum absolute atomic E-state index is 5.77. The van der Waals surface area contributed by atoms with Crippen molar-refractivity contribution >= 4 is 16.7 Å². The molecule has 0 bridgehead atoms. The van der Waals surface area contributed by atoms with E-state index >= 15 is 0 Å². The molecule has 0 unspecified atom stereocenters. The van der Waals surface area contributed by atoms with Gasteiger partial charge in [0.25, 0.3) is 0 Å². The number of ether oxygens (including phenoxy) is 1. The first-order valence-electron chi connectivity index (χ1n) is 6.10. The number of pyridine rings is 1. The molecule has 1 atom stereocenters. The van der Waals surface area contributed by atoms with Crippen molar-refractivity contribution in [2.75, 3.05) is 11.9 Å². The molecule has 2 aromatic rings. The van der Waals surface area contributed by atoms with E-state index in [4.69, 9.17) is 4.74 Å². The molecule has 1 aromatic heterocycles. The molecular weight excluding hydrogens is 212 g/mol. The lowest BCUT2D eigenvalue weighted by Crippen LogP contribution is -2.28. The molecule has 1 N–H and O–H groups in total. The molecule has 90 valence electrons. The van der Waals surface area contributed by atoms with Gasteiger partial charge >= 0.3 is 0 Å². The third kappa shape index (κ3) is 1.82. The molecule has 3 heteroatoms. The lowest BCUT2D eigenvalue weighted by Gasteiger charge is -2.24. The number of hydrogen-bond donors (Lipinski definition) is 1. The van der Waals surface area contributed by atoms with E-state index in [0.29, 0.717) is 0 Å². The van der Waals surface area contributed by atoms with E-state index < -0.39 is 0 Å². The van der Waals surface area contributed by atoms with Crippen LogP contribution in [0, 0.1) is 0 Å². The van der Waals surface area contributed by atoms with Gasteiger partial charge in [0.1, 0.15) is 6.10 Å². The zero-order chi connectivity index (χ0) is 11.8. The molecule has 0 spiro atoms. The average molecular weight is 230 g/mol. The van der Waals surface area contributed by atoms with Gasteiger partial charge in [-0.1, -0.05) is 19.1 Å². The lowest BCUT2D eigenvalue weighted by molar-refractivity contribution is 0.225. The Labute approximate surface area is 102 Å². The summed E-state index contributed by atoms with van der Waals surface area (Å²) in [4.78, 5) is 4.62. The molecular formula is C14H18N2O. The topological polar surface area (TPSA) is 34.2 Å². The summed E-state index contributed by atoms with van der Waals surface area (Å²) < 4.78 is 5.77. The fraction of sp³-hybridized carbons (Fsp3) is 0.357. The second-order valence-corrected chi connectivity index (χ2v) is 4.53. The summed E-state index contributed by atoms with van der Waals surface area (Å²) in [5.74, 6) is 1.73. The number of hydrogen-bond acceptors (Lipinski definition) is 3. The Bertz CT molecular complexity index is 571. The van der Waals surface area contributed by atoms with Crippen LogP contribution in [0.1, 0.15) is 20.8 Å². The van der Waals surface area contributed by atoms with E-state index in [0.717, 1.165) is 35.4 Å². The minimum atomic E-state index is 0. The highest BCUT2D eigenvalue weighted by molar-refractivity contribution is 5.83. The van der Waals surface area contributed by atoms with E-state index in [-0.39, 0.29) is 7.53 Å². The van der Waals surface area contributed by atoms with Crippen molar-refractivity contribution in [3.8, 4) is 5.75 Å². The van der Waals surface area contributed by atoms with Gasteiger partial charge in [0.15, 0.2) is 11.6 Å². The van der Waals surface area contributed by atoms with Crippen LogP contribution in [0.4, 0.5) is 5.82 Å². The van der Waals surface area contributed by atoms with Crippen molar-refractivity contribution in [3.05, 3.63) is 29.8 Å². The van der Waals surface area contributed by atoms with Crippen LogP contribution < -0.4 is 10.1 Å². The van der Waals surface area contributed by atoms with Gasteiger partial charge < -0.3 is 10.1 Å². The number of aromatic nitrogens is 1. The maximum Gasteiger partial charge on any atom is 0.169 e. The van der Waals surface area contributed by atoms with Gasteiger partial charge in [-0.25, -0.2) is 4.98 Å². The first-order valence-corrected chi connectivity index (χ1v) is 6.10. The molecule has 1 aliphatic rings. The molecule has 1 aliphatic heterocycles. The Hall–Kier alpha value is -1.77. The Kier molecular flexibility index (Phi) is 2.39. The van der Waals surface area contributed by atoms with Crippen molar-refractivity contribution in [1.29, 1.82) is 0 Å². The van der Waals surface area contributed by atoms with E-state index in [1.807, 2.05) is 0 Å². The van der Waals surface area contributed by atoms with Crippen LogP contribution in [0.5, 0.6) is 5.75 Å². The fourth-order valence-electron chi connectivity index (χ4n) is 2.13. The normalized spacial score (nSPS) is 18.4. The van der Waals surface area contributed by atoms with Crippen molar-refractivity contribution in [3.63, 3.8) is 0 Å². The molecule has 0 aliphatic carbocycles. The minimum absolute atomic E-state index is 0. The summed E-state index contributed by atoms with van der Waals surface area (Å²) in [5, 5.41) is 4.44. The first-order chi connectivity index (χ1) is 8.26. The monoisotopic (exact) mass is 230 g/mol. The van der Waals surface area contributed by atoms with Crippen LogP contribution in [0.3, 0.4) is 0 Å². The number of nitrogens with zero attached hydrogens (tertiary/aromatic N) is 1. The van der Waals surface area contributed by atoms with Gasteiger partial charge in [0.05, 0.1) is 12.1 Å². The molecule has 0 saturated carbocycles. The molecule has 3 nitrogen and oxygen atoms in total. The van der Waals surface area contributed by atoms with Crippen molar-refractivity contribution in [1.82, 2.24) is 4.98 Å². The van der Waals surface area contributed by atoms with Crippen LogP contribution >= 0.6 is 0 Å². The smallest absolute Gasteiger partial charge is 0.169 e. The lowest BCUT2D eigenvalue weighted by atomic mass is 10.1.